The average Bonchev–Trinajstić information content (AvgIpc) is 2.55. The summed E-state index contributed by atoms with van der Waals surface area (Å²) in [6.07, 6.45) is 1.32. The average molecular weight is 380 g/mol. The minimum Gasteiger partial charge on any atom is -0.490 e. The van der Waals surface area contributed by atoms with Gasteiger partial charge in [-0.2, -0.15) is 0 Å². The Morgan fingerprint density at radius 3 is 2.30 bits per heavy atom. The van der Waals surface area contributed by atoms with Crippen LogP contribution >= 0.6 is 15.9 Å². The second-order valence-electron chi connectivity index (χ2n) is 4.50. The number of ether oxygens (including phenoxy) is 3. The maximum absolute atomic E-state index is 8.70. The molecular weight excluding hydrogens is 362 g/mol. The first-order valence-electron chi connectivity index (χ1n) is 7.19. The smallest absolute Gasteiger partial charge is 0.161 e. The fourth-order valence-electron chi connectivity index (χ4n) is 1.96. The minimum atomic E-state index is 0.356. The van der Waals surface area contributed by atoms with E-state index in [9.17, 15) is 0 Å². The Hall–Kier alpha value is -2.21. The van der Waals surface area contributed by atoms with Crippen molar-refractivity contribution in [1.29, 1.82) is 0 Å². The van der Waals surface area contributed by atoms with Crippen molar-refractivity contribution in [2.45, 2.75) is 6.92 Å². The van der Waals surface area contributed by atoms with Gasteiger partial charge in [0.05, 0.1) is 12.8 Å². The normalized spacial score (nSPS) is 10.7. The zero-order valence-corrected chi connectivity index (χ0v) is 14.3. The Labute approximate surface area is 143 Å². The van der Waals surface area contributed by atoms with Gasteiger partial charge in [0.25, 0.3) is 0 Å². The van der Waals surface area contributed by atoms with Crippen molar-refractivity contribution >= 4 is 22.1 Å². The second-order valence-corrected chi connectivity index (χ2v) is 5.42. The number of para-hydroxylation sites is 2. The van der Waals surface area contributed by atoms with Gasteiger partial charge in [-0.3, -0.25) is 0 Å². The Morgan fingerprint density at radius 1 is 1.00 bits per heavy atom. The third-order valence-electron chi connectivity index (χ3n) is 2.92. The van der Waals surface area contributed by atoms with Crippen molar-refractivity contribution in [1.82, 2.24) is 0 Å². The monoisotopic (exact) mass is 379 g/mol. The molecule has 0 unspecified atom stereocenters. The molecular formula is C17H18BrNO4. The molecule has 0 saturated carbocycles. The SMILES string of the molecule is CCOc1ccccc1OCCOc1ccc(Br)cc1C=NO. The Bertz CT molecular complexity index is 661. The Balaban J connectivity index is 1.91. The van der Waals surface area contributed by atoms with Crippen molar-refractivity contribution in [2.24, 2.45) is 5.16 Å². The molecule has 0 saturated heterocycles. The van der Waals surface area contributed by atoms with Crippen LogP contribution in [0.1, 0.15) is 12.5 Å². The van der Waals surface area contributed by atoms with E-state index in [-0.39, 0.29) is 0 Å². The first-order chi connectivity index (χ1) is 11.2. The minimum absolute atomic E-state index is 0.356. The number of rotatable bonds is 8. The summed E-state index contributed by atoms with van der Waals surface area (Å²) in [5, 5.41) is 11.7. The molecule has 0 heterocycles. The quantitative estimate of drug-likeness (QED) is 0.324. The van der Waals surface area contributed by atoms with E-state index < -0.39 is 0 Å². The zero-order chi connectivity index (χ0) is 16.5. The summed E-state index contributed by atoms with van der Waals surface area (Å²) in [7, 11) is 0. The number of hydrogen-bond donors (Lipinski definition) is 1. The molecule has 0 atom stereocenters. The van der Waals surface area contributed by atoms with E-state index in [1.807, 2.05) is 37.3 Å². The summed E-state index contributed by atoms with van der Waals surface area (Å²) < 4.78 is 17.7. The fraction of sp³-hybridized carbons (Fsp3) is 0.235. The maximum atomic E-state index is 8.70. The molecule has 23 heavy (non-hydrogen) atoms. The Kier molecular flexibility index (Phi) is 6.75. The summed E-state index contributed by atoms with van der Waals surface area (Å²) in [5.74, 6) is 2.02. The maximum Gasteiger partial charge on any atom is 0.161 e. The molecule has 0 radical (unpaired) electrons. The molecule has 0 aliphatic heterocycles. The first-order valence-corrected chi connectivity index (χ1v) is 7.98. The van der Waals surface area contributed by atoms with Crippen molar-refractivity contribution in [2.75, 3.05) is 19.8 Å². The molecule has 5 nitrogen and oxygen atoms in total. The highest BCUT2D eigenvalue weighted by molar-refractivity contribution is 9.10. The van der Waals surface area contributed by atoms with Gasteiger partial charge in [-0.1, -0.05) is 33.2 Å². The third kappa shape index (κ3) is 5.17. The summed E-state index contributed by atoms with van der Waals surface area (Å²) in [4.78, 5) is 0. The molecule has 0 aliphatic carbocycles. The van der Waals surface area contributed by atoms with Crippen LogP contribution in [-0.4, -0.2) is 31.2 Å². The molecule has 2 aromatic carbocycles. The van der Waals surface area contributed by atoms with E-state index in [4.69, 9.17) is 19.4 Å². The van der Waals surface area contributed by atoms with Gasteiger partial charge in [-0.15, -0.1) is 0 Å². The predicted molar refractivity (Wildman–Crippen MR) is 92.1 cm³/mol. The van der Waals surface area contributed by atoms with Crippen LogP contribution < -0.4 is 14.2 Å². The van der Waals surface area contributed by atoms with Crippen LogP contribution in [0.3, 0.4) is 0 Å². The van der Waals surface area contributed by atoms with E-state index >= 15 is 0 Å². The van der Waals surface area contributed by atoms with E-state index in [2.05, 4.69) is 21.1 Å². The van der Waals surface area contributed by atoms with Crippen molar-refractivity contribution in [3.63, 3.8) is 0 Å². The highest BCUT2D eigenvalue weighted by Crippen LogP contribution is 2.26. The largest absolute Gasteiger partial charge is 0.490 e. The molecule has 1 N–H and O–H groups in total. The summed E-state index contributed by atoms with van der Waals surface area (Å²) in [5.41, 5.74) is 0.677. The molecule has 6 heteroatoms. The number of nitrogens with zero attached hydrogens (tertiary/aromatic N) is 1. The van der Waals surface area contributed by atoms with Crippen LogP contribution in [0.25, 0.3) is 0 Å². The summed E-state index contributed by atoms with van der Waals surface area (Å²) >= 11 is 3.36. The van der Waals surface area contributed by atoms with Crippen LogP contribution in [0.5, 0.6) is 17.2 Å². The lowest BCUT2D eigenvalue weighted by Gasteiger charge is -2.13. The predicted octanol–water partition coefficient (Wildman–Crippen LogP) is 4.11. The molecule has 122 valence electrons. The number of benzene rings is 2. The number of halogens is 1. The third-order valence-corrected chi connectivity index (χ3v) is 3.41. The topological polar surface area (TPSA) is 60.3 Å². The van der Waals surface area contributed by atoms with Gasteiger partial charge in [0, 0.05) is 10.0 Å². The molecule has 0 amide bonds. The lowest BCUT2D eigenvalue weighted by molar-refractivity contribution is 0.208. The summed E-state index contributed by atoms with van der Waals surface area (Å²) in [6, 6.07) is 13.0. The van der Waals surface area contributed by atoms with Gasteiger partial charge in [-0.05, 0) is 37.3 Å². The zero-order valence-electron chi connectivity index (χ0n) is 12.7. The molecule has 0 aromatic heterocycles. The molecule has 2 rings (SSSR count). The molecule has 2 aromatic rings. The van der Waals surface area contributed by atoms with E-state index in [1.165, 1.54) is 6.21 Å². The standard InChI is InChI=1S/C17H18BrNO4/c1-2-21-16-5-3-4-6-17(16)23-10-9-22-15-8-7-14(18)11-13(15)12-19-20/h3-8,11-12,20H,2,9-10H2,1H3. The van der Waals surface area contributed by atoms with Gasteiger partial charge in [0.1, 0.15) is 19.0 Å². The lowest BCUT2D eigenvalue weighted by Crippen LogP contribution is -2.10. The lowest BCUT2D eigenvalue weighted by atomic mass is 10.2. The van der Waals surface area contributed by atoms with Crippen molar-refractivity contribution in [3.05, 3.63) is 52.5 Å². The van der Waals surface area contributed by atoms with E-state index in [0.29, 0.717) is 42.6 Å². The Morgan fingerprint density at radius 2 is 1.65 bits per heavy atom. The molecule has 0 bridgehead atoms. The molecule has 0 fully saturated rings. The molecule has 0 aliphatic rings. The summed E-state index contributed by atoms with van der Waals surface area (Å²) in [6.45, 7) is 3.24. The van der Waals surface area contributed by atoms with Crippen LogP contribution in [0.2, 0.25) is 0 Å². The number of hydrogen-bond acceptors (Lipinski definition) is 5. The van der Waals surface area contributed by atoms with Gasteiger partial charge in [0.15, 0.2) is 11.5 Å². The van der Waals surface area contributed by atoms with Crippen molar-refractivity contribution < 1.29 is 19.4 Å². The van der Waals surface area contributed by atoms with Gasteiger partial charge >= 0.3 is 0 Å². The van der Waals surface area contributed by atoms with Gasteiger partial charge in [0.2, 0.25) is 0 Å². The van der Waals surface area contributed by atoms with Gasteiger partial charge < -0.3 is 19.4 Å². The van der Waals surface area contributed by atoms with Crippen LogP contribution in [0, 0.1) is 0 Å². The van der Waals surface area contributed by atoms with Gasteiger partial charge in [-0.25, -0.2) is 0 Å². The highest BCUT2D eigenvalue weighted by atomic mass is 79.9. The number of oxime groups is 1. The van der Waals surface area contributed by atoms with Crippen LogP contribution in [0.4, 0.5) is 0 Å². The van der Waals surface area contributed by atoms with Crippen LogP contribution in [-0.2, 0) is 0 Å². The van der Waals surface area contributed by atoms with E-state index in [1.54, 1.807) is 12.1 Å². The second kappa shape index (κ2) is 9.05. The fourth-order valence-corrected chi connectivity index (χ4v) is 2.34. The first kappa shape index (κ1) is 17.1. The molecule has 0 spiro atoms. The van der Waals surface area contributed by atoms with Crippen LogP contribution in [0.15, 0.2) is 52.1 Å². The highest BCUT2D eigenvalue weighted by Gasteiger charge is 2.05. The van der Waals surface area contributed by atoms with Crippen molar-refractivity contribution in [3.8, 4) is 17.2 Å². The van der Waals surface area contributed by atoms with E-state index in [0.717, 1.165) is 4.47 Å².